The number of aryl methyl sites for hydroxylation is 1. The van der Waals surface area contributed by atoms with E-state index in [1.165, 1.54) is 36.8 Å². The number of anilines is 1. The number of hydrogen-bond donors (Lipinski definition) is 1. The van der Waals surface area contributed by atoms with E-state index >= 15 is 0 Å². The van der Waals surface area contributed by atoms with Crippen LogP contribution in [-0.4, -0.2) is 36.2 Å². The third-order valence-electron chi connectivity index (χ3n) is 7.56. The van der Waals surface area contributed by atoms with Gasteiger partial charge in [-0.1, -0.05) is 26.2 Å². The number of rotatable bonds is 8. The molecular weight excluding hydrogens is 424 g/mol. The molecule has 0 spiro atoms. The number of Topliss-reactive ketones (excluding diaryl/α,β-unsaturated/α-hetero) is 1. The number of nitrogens with zero attached hydrogens (tertiary/aromatic N) is 1. The van der Waals surface area contributed by atoms with Gasteiger partial charge in [-0.05, 0) is 87.9 Å². The van der Waals surface area contributed by atoms with Gasteiger partial charge in [0.1, 0.15) is 11.5 Å². The number of furan rings is 1. The molecule has 1 aromatic heterocycles. The first-order valence-electron chi connectivity index (χ1n) is 13.2. The van der Waals surface area contributed by atoms with Gasteiger partial charge < -0.3 is 9.73 Å². The second-order valence-corrected chi connectivity index (χ2v) is 10.0. The molecule has 0 unspecified atom stereocenters. The van der Waals surface area contributed by atoms with Gasteiger partial charge in [-0.2, -0.15) is 0 Å². The second kappa shape index (κ2) is 10.3. The van der Waals surface area contributed by atoms with Gasteiger partial charge in [0.15, 0.2) is 5.78 Å². The van der Waals surface area contributed by atoms with Crippen LogP contribution in [0, 0.1) is 0 Å². The predicted molar refractivity (Wildman–Crippen MR) is 136 cm³/mol. The number of ketones is 1. The minimum absolute atomic E-state index is 0.121. The van der Waals surface area contributed by atoms with Gasteiger partial charge in [-0.25, -0.2) is 0 Å². The van der Waals surface area contributed by atoms with E-state index in [4.69, 9.17) is 4.42 Å². The average molecular weight is 461 g/mol. The minimum atomic E-state index is -0.121. The Morgan fingerprint density at radius 3 is 2.74 bits per heavy atom. The van der Waals surface area contributed by atoms with Gasteiger partial charge in [0, 0.05) is 28.8 Å². The SMILES string of the molecule is CCCCCc1c(C=C2C(=O)Nc3ccc(C(=O)CN4CCCCC4)cc32)oc2c1CCCC2. The lowest BCUT2D eigenvalue weighted by molar-refractivity contribution is -0.110. The van der Waals surface area contributed by atoms with Gasteiger partial charge in [0.2, 0.25) is 0 Å². The Kier molecular flexibility index (Phi) is 7.00. The standard InChI is InChI=1S/C29H36N2O3/c1-2-3-5-10-22-21-11-6-7-12-27(21)34-28(22)18-24-23-17-20(13-14-25(23)30-29(24)33)26(32)19-31-15-8-4-9-16-31/h13-14,17-18H,2-12,15-16,19H2,1H3,(H,30,33). The molecule has 5 nitrogen and oxygen atoms in total. The summed E-state index contributed by atoms with van der Waals surface area (Å²) in [6.07, 6.45) is 14.4. The zero-order valence-corrected chi connectivity index (χ0v) is 20.4. The first-order valence-corrected chi connectivity index (χ1v) is 13.2. The van der Waals surface area contributed by atoms with Crippen molar-refractivity contribution in [3.8, 4) is 0 Å². The Morgan fingerprint density at radius 1 is 1.09 bits per heavy atom. The summed E-state index contributed by atoms with van der Waals surface area (Å²) in [5.41, 5.74) is 5.52. The second-order valence-electron chi connectivity index (χ2n) is 10.0. The molecule has 180 valence electrons. The maximum Gasteiger partial charge on any atom is 0.256 e. The highest BCUT2D eigenvalue weighted by atomic mass is 16.3. The summed E-state index contributed by atoms with van der Waals surface area (Å²) in [5, 5.41) is 2.98. The average Bonchev–Trinajstić information content (AvgIpc) is 3.36. The molecule has 3 aliphatic rings. The topological polar surface area (TPSA) is 62.6 Å². The number of nitrogens with one attached hydrogen (secondary N) is 1. The van der Waals surface area contributed by atoms with Crippen molar-refractivity contribution < 1.29 is 14.0 Å². The van der Waals surface area contributed by atoms with Gasteiger partial charge >= 0.3 is 0 Å². The number of likely N-dealkylation sites (tertiary alicyclic amines) is 1. The van der Waals surface area contributed by atoms with Crippen LogP contribution >= 0.6 is 0 Å². The van der Waals surface area contributed by atoms with Crippen LogP contribution in [0.5, 0.6) is 0 Å². The lowest BCUT2D eigenvalue weighted by Gasteiger charge is -2.25. The van der Waals surface area contributed by atoms with E-state index in [1.54, 1.807) is 0 Å². The van der Waals surface area contributed by atoms with Crippen molar-refractivity contribution in [3.05, 3.63) is 52.0 Å². The van der Waals surface area contributed by atoms with Crippen molar-refractivity contribution in [2.45, 2.75) is 77.6 Å². The number of unbranched alkanes of at least 4 members (excludes halogenated alkanes) is 2. The van der Waals surface area contributed by atoms with E-state index in [1.807, 2.05) is 24.3 Å². The molecule has 0 bridgehead atoms. The molecule has 0 saturated carbocycles. The number of fused-ring (bicyclic) bond motifs is 2. The van der Waals surface area contributed by atoms with Crippen molar-refractivity contribution >= 4 is 29.0 Å². The summed E-state index contributed by atoms with van der Waals surface area (Å²) >= 11 is 0. The van der Waals surface area contributed by atoms with Crippen LogP contribution in [0.2, 0.25) is 0 Å². The largest absolute Gasteiger partial charge is 0.461 e. The molecule has 2 aliphatic heterocycles. The molecule has 3 heterocycles. The summed E-state index contributed by atoms with van der Waals surface area (Å²) in [5.74, 6) is 1.95. The van der Waals surface area contributed by atoms with E-state index < -0.39 is 0 Å². The number of carbonyl (C=O) groups excluding carboxylic acids is 2. The summed E-state index contributed by atoms with van der Waals surface area (Å²) in [7, 11) is 0. The maximum atomic E-state index is 13.0. The molecule has 1 aliphatic carbocycles. The highest BCUT2D eigenvalue weighted by Gasteiger charge is 2.28. The molecule has 1 aromatic carbocycles. The van der Waals surface area contributed by atoms with Crippen molar-refractivity contribution in [2.24, 2.45) is 0 Å². The molecule has 2 aromatic rings. The highest BCUT2D eigenvalue weighted by molar-refractivity contribution is 6.35. The maximum absolute atomic E-state index is 13.0. The summed E-state index contributed by atoms with van der Waals surface area (Å²) < 4.78 is 6.34. The number of amides is 1. The molecule has 0 radical (unpaired) electrons. The van der Waals surface area contributed by atoms with Crippen LogP contribution < -0.4 is 5.32 Å². The molecule has 34 heavy (non-hydrogen) atoms. The monoisotopic (exact) mass is 460 g/mol. The zero-order chi connectivity index (χ0) is 23.5. The van der Waals surface area contributed by atoms with Crippen LogP contribution in [0.4, 0.5) is 5.69 Å². The molecule has 1 amide bonds. The number of carbonyl (C=O) groups is 2. The third kappa shape index (κ3) is 4.76. The fraction of sp³-hybridized carbons (Fsp3) is 0.517. The lowest BCUT2D eigenvalue weighted by atomic mass is 9.91. The fourth-order valence-electron chi connectivity index (χ4n) is 5.64. The molecule has 0 atom stereocenters. The molecule has 1 saturated heterocycles. The van der Waals surface area contributed by atoms with E-state index in [9.17, 15) is 9.59 Å². The van der Waals surface area contributed by atoms with Crippen molar-refractivity contribution in [1.29, 1.82) is 0 Å². The summed E-state index contributed by atoms with van der Waals surface area (Å²) in [6, 6.07) is 5.61. The van der Waals surface area contributed by atoms with E-state index in [2.05, 4.69) is 17.1 Å². The Morgan fingerprint density at radius 2 is 1.91 bits per heavy atom. The smallest absolute Gasteiger partial charge is 0.256 e. The van der Waals surface area contributed by atoms with Crippen LogP contribution in [0.15, 0.2) is 22.6 Å². The molecular formula is C29H36N2O3. The van der Waals surface area contributed by atoms with Gasteiger partial charge in [0.05, 0.1) is 12.1 Å². The van der Waals surface area contributed by atoms with Gasteiger partial charge in [0.25, 0.3) is 5.91 Å². The van der Waals surface area contributed by atoms with E-state index in [0.717, 1.165) is 80.8 Å². The van der Waals surface area contributed by atoms with Crippen molar-refractivity contribution in [2.75, 3.05) is 25.0 Å². The van der Waals surface area contributed by atoms with Crippen LogP contribution in [0.3, 0.4) is 0 Å². The summed E-state index contributed by atoms with van der Waals surface area (Å²) in [6.45, 7) is 4.65. The normalized spacial score (nSPS) is 19.2. The number of benzene rings is 1. The van der Waals surface area contributed by atoms with Crippen molar-refractivity contribution in [3.63, 3.8) is 0 Å². The minimum Gasteiger partial charge on any atom is -0.461 e. The van der Waals surface area contributed by atoms with Crippen LogP contribution in [-0.2, 0) is 24.1 Å². The highest BCUT2D eigenvalue weighted by Crippen LogP contribution is 2.37. The van der Waals surface area contributed by atoms with Gasteiger partial charge in [-0.3, -0.25) is 14.5 Å². The fourth-order valence-corrected chi connectivity index (χ4v) is 5.64. The predicted octanol–water partition coefficient (Wildman–Crippen LogP) is 6.05. The third-order valence-corrected chi connectivity index (χ3v) is 7.56. The first-order chi connectivity index (χ1) is 16.6. The number of hydrogen-bond acceptors (Lipinski definition) is 4. The zero-order valence-electron chi connectivity index (χ0n) is 20.4. The molecule has 5 rings (SSSR count). The quantitative estimate of drug-likeness (QED) is 0.296. The van der Waals surface area contributed by atoms with E-state index in [-0.39, 0.29) is 11.7 Å². The Hall–Kier alpha value is -2.66. The van der Waals surface area contributed by atoms with Crippen LogP contribution in [0.1, 0.15) is 96.9 Å². The summed E-state index contributed by atoms with van der Waals surface area (Å²) in [4.78, 5) is 28.2. The Labute approximate surface area is 202 Å². The molecule has 1 fully saturated rings. The van der Waals surface area contributed by atoms with E-state index in [0.29, 0.717) is 17.7 Å². The van der Waals surface area contributed by atoms with Crippen molar-refractivity contribution in [1.82, 2.24) is 4.90 Å². The molecule has 1 N–H and O–H groups in total. The Balaban J connectivity index is 1.45. The number of piperidine rings is 1. The lowest BCUT2D eigenvalue weighted by Crippen LogP contribution is -2.34. The van der Waals surface area contributed by atoms with Gasteiger partial charge in [-0.15, -0.1) is 0 Å². The molecule has 5 heteroatoms. The van der Waals surface area contributed by atoms with Crippen LogP contribution in [0.25, 0.3) is 11.6 Å². The Bertz CT molecular complexity index is 1100. The first kappa shape index (κ1) is 23.1.